The van der Waals surface area contributed by atoms with Gasteiger partial charge in [0.1, 0.15) is 0 Å². The third kappa shape index (κ3) is 2.98. The molecule has 0 saturated carbocycles. The van der Waals surface area contributed by atoms with Crippen molar-refractivity contribution in [3.63, 3.8) is 0 Å². The van der Waals surface area contributed by atoms with Crippen molar-refractivity contribution >= 4 is 5.69 Å². The summed E-state index contributed by atoms with van der Waals surface area (Å²) in [5, 5.41) is 0. The van der Waals surface area contributed by atoms with Gasteiger partial charge >= 0.3 is 0 Å². The molecule has 0 bridgehead atoms. The van der Waals surface area contributed by atoms with E-state index in [0.29, 0.717) is 0 Å². The van der Waals surface area contributed by atoms with Gasteiger partial charge in [-0.15, -0.1) is 0 Å². The molecule has 0 atom stereocenters. The number of hydrogen-bond donors (Lipinski definition) is 0. The number of anilines is 1. The highest BCUT2D eigenvalue weighted by Gasteiger charge is 2.04. The summed E-state index contributed by atoms with van der Waals surface area (Å²) in [6, 6.07) is 3.35. The molecular formula is C11H17FN2. The Hall–Kier alpha value is -1.12. The molecule has 3 heteroatoms. The fourth-order valence-electron chi connectivity index (χ4n) is 1.50. The molecule has 0 fully saturated rings. The molecule has 0 saturated heterocycles. The summed E-state index contributed by atoms with van der Waals surface area (Å²) in [4.78, 5) is 5.73. The molecule has 0 aliphatic carbocycles. The summed E-state index contributed by atoms with van der Waals surface area (Å²) < 4.78 is 12.9. The number of aromatic nitrogens is 1. The van der Waals surface area contributed by atoms with Gasteiger partial charge in [0.25, 0.3) is 0 Å². The molecule has 1 aromatic heterocycles. The first-order valence-corrected chi connectivity index (χ1v) is 5.14. The van der Waals surface area contributed by atoms with E-state index in [0.717, 1.165) is 31.6 Å². The highest BCUT2D eigenvalue weighted by molar-refractivity contribution is 5.44. The van der Waals surface area contributed by atoms with Crippen molar-refractivity contribution in [2.24, 2.45) is 0 Å². The van der Waals surface area contributed by atoms with Crippen LogP contribution in [0.5, 0.6) is 0 Å². The van der Waals surface area contributed by atoms with Crippen molar-refractivity contribution in [1.29, 1.82) is 0 Å². The van der Waals surface area contributed by atoms with Gasteiger partial charge in [0.2, 0.25) is 5.95 Å². The number of halogens is 1. The highest BCUT2D eigenvalue weighted by atomic mass is 19.1. The molecular weight excluding hydrogens is 179 g/mol. The standard InChI is InChI=1S/C11H17FN2/c1-3-7-14(8-4-2)10-5-6-13-11(12)9-10/h5-6,9H,3-4,7-8H2,1-2H3. The fourth-order valence-corrected chi connectivity index (χ4v) is 1.50. The van der Waals surface area contributed by atoms with E-state index in [1.807, 2.05) is 6.07 Å². The average Bonchev–Trinajstić information content (AvgIpc) is 2.17. The molecule has 2 nitrogen and oxygen atoms in total. The number of nitrogens with zero attached hydrogens (tertiary/aromatic N) is 2. The minimum absolute atomic E-state index is 0.403. The summed E-state index contributed by atoms with van der Waals surface area (Å²) in [7, 11) is 0. The first-order chi connectivity index (χ1) is 6.77. The molecule has 14 heavy (non-hydrogen) atoms. The van der Waals surface area contributed by atoms with Gasteiger partial charge < -0.3 is 4.90 Å². The second kappa shape index (κ2) is 5.58. The van der Waals surface area contributed by atoms with Crippen molar-refractivity contribution in [3.8, 4) is 0 Å². The van der Waals surface area contributed by atoms with Crippen molar-refractivity contribution in [2.45, 2.75) is 26.7 Å². The number of hydrogen-bond acceptors (Lipinski definition) is 2. The van der Waals surface area contributed by atoms with Crippen LogP contribution in [0.2, 0.25) is 0 Å². The Bertz CT molecular complexity index is 270. The predicted molar refractivity (Wildman–Crippen MR) is 57.0 cm³/mol. The normalized spacial score (nSPS) is 10.2. The Kier molecular flexibility index (Phi) is 4.36. The lowest BCUT2D eigenvalue weighted by Crippen LogP contribution is -2.24. The van der Waals surface area contributed by atoms with E-state index in [2.05, 4.69) is 23.7 Å². The van der Waals surface area contributed by atoms with E-state index in [1.165, 1.54) is 12.3 Å². The van der Waals surface area contributed by atoms with Gasteiger partial charge in [-0.25, -0.2) is 4.98 Å². The number of pyridine rings is 1. The lowest BCUT2D eigenvalue weighted by Gasteiger charge is -2.23. The Morgan fingerprint density at radius 2 is 1.93 bits per heavy atom. The van der Waals surface area contributed by atoms with Gasteiger partial charge in [-0.2, -0.15) is 4.39 Å². The maximum Gasteiger partial charge on any atom is 0.214 e. The topological polar surface area (TPSA) is 16.1 Å². The Morgan fingerprint density at radius 1 is 1.29 bits per heavy atom. The summed E-state index contributed by atoms with van der Waals surface area (Å²) in [5.74, 6) is -0.403. The molecule has 0 amide bonds. The van der Waals surface area contributed by atoms with Gasteiger partial charge in [0.05, 0.1) is 0 Å². The minimum Gasteiger partial charge on any atom is -0.371 e. The van der Waals surface area contributed by atoms with Crippen LogP contribution in [0.25, 0.3) is 0 Å². The number of rotatable bonds is 5. The summed E-state index contributed by atoms with van der Waals surface area (Å²) in [6.07, 6.45) is 3.66. The van der Waals surface area contributed by atoms with Crippen LogP contribution < -0.4 is 4.90 Å². The summed E-state index contributed by atoms with van der Waals surface area (Å²) in [6.45, 7) is 6.19. The van der Waals surface area contributed by atoms with E-state index >= 15 is 0 Å². The maximum absolute atomic E-state index is 12.9. The summed E-state index contributed by atoms with van der Waals surface area (Å²) in [5.41, 5.74) is 0.932. The van der Waals surface area contributed by atoms with Gasteiger partial charge in [-0.3, -0.25) is 0 Å². The zero-order chi connectivity index (χ0) is 10.4. The average molecular weight is 196 g/mol. The SMILES string of the molecule is CCCN(CCC)c1ccnc(F)c1. The molecule has 0 aromatic carbocycles. The van der Waals surface area contributed by atoms with E-state index in [-0.39, 0.29) is 0 Å². The third-order valence-electron chi connectivity index (χ3n) is 2.06. The lowest BCUT2D eigenvalue weighted by molar-refractivity contribution is 0.582. The van der Waals surface area contributed by atoms with Crippen LogP contribution in [0, 0.1) is 5.95 Å². The van der Waals surface area contributed by atoms with Crippen LogP contribution in [0.3, 0.4) is 0 Å². The first-order valence-electron chi connectivity index (χ1n) is 5.14. The lowest BCUT2D eigenvalue weighted by atomic mass is 10.3. The van der Waals surface area contributed by atoms with Crippen molar-refractivity contribution in [3.05, 3.63) is 24.3 Å². The highest BCUT2D eigenvalue weighted by Crippen LogP contribution is 2.14. The van der Waals surface area contributed by atoms with Crippen molar-refractivity contribution in [2.75, 3.05) is 18.0 Å². The first kappa shape index (κ1) is 11.0. The van der Waals surface area contributed by atoms with Gasteiger partial charge in [0, 0.05) is 31.0 Å². The van der Waals surface area contributed by atoms with Crippen LogP contribution >= 0.6 is 0 Å². The quantitative estimate of drug-likeness (QED) is 0.673. The predicted octanol–water partition coefficient (Wildman–Crippen LogP) is 2.85. The Morgan fingerprint density at radius 3 is 2.43 bits per heavy atom. The van der Waals surface area contributed by atoms with Gasteiger partial charge in [-0.05, 0) is 18.9 Å². The van der Waals surface area contributed by atoms with Crippen LogP contribution in [0.15, 0.2) is 18.3 Å². The smallest absolute Gasteiger partial charge is 0.214 e. The van der Waals surface area contributed by atoms with Crippen molar-refractivity contribution in [1.82, 2.24) is 4.98 Å². The van der Waals surface area contributed by atoms with Crippen LogP contribution in [-0.2, 0) is 0 Å². The zero-order valence-corrected chi connectivity index (χ0v) is 8.83. The fraction of sp³-hybridized carbons (Fsp3) is 0.545. The second-order valence-corrected chi connectivity index (χ2v) is 3.32. The van der Waals surface area contributed by atoms with Crippen LogP contribution in [-0.4, -0.2) is 18.1 Å². The monoisotopic (exact) mass is 196 g/mol. The molecule has 1 aromatic rings. The van der Waals surface area contributed by atoms with Crippen LogP contribution in [0.1, 0.15) is 26.7 Å². The molecule has 78 valence electrons. The second-order valence-electron chi connectivity index (χ2n) is 3.32. The van der Waals surface area contributed by atoms with Crippen LogP contribution in [0.4, 0.5) is 10.1 Å². The van der Waals surface area contributed by atoms with E-state index < -0.39 is 5.95 Å². The maximum atomic E-state index is 12.9. The Balaban J connectivity index is 2.75. The minimum atomic E-state index is -0.403. The van der Waals surface area contributed by atoms with Gasteiger partial charge in [0.15, 0.2) is 0 Å². The molecule has 0 radical (unpaired) electrons. The molecule has 0 unspecified atom stereocenters. The third-order valence-corrected chi connectivity index (χ3v) is 2.06. The van der Waals surface area contributed by atoms with E-state index in [4.69, 9.17) is 0 Å². The molecule has 1 rings (SSSR count). The van der Waals surface area contributed by atoms with Gasteiger partial charge in [-0.1, -0.05) is 13.8 Å². The Labute approximate surface area is 84.8 Å². The molecule has 0 N–H and O–H groups in total. The molecule has 0 aliphatic rings. The summed E-state index contributed by atoms with van der Waals surface area (Å²) >= 11 is 0. The molecule has 0 spiro atoms. The zero-order valence-electron chi connectivity index (χ0n) is 8.83. The molecule has 0 aliphatic heterocycles. The molecule has 1 heterocycles. The van der Waals surface area contributed by atoms with E-state index in [1.54, 1.807) is 0 Å². The van der Waals surface area contributed by atoms with Crippen molar-refractivity contribution < 1.29 is 4.39 Å². The largest absolute Gasteiger partial charge is 0.371 e. The van der Waals surface area contributed by atoms with E-state index in [9.17, 15) is 4.39 Å².